The first kappa shape index (κ1) is 19.3. The minimum atomic E-state index is -0.0447. The van der Waals surface area contributed by atoms with E-state index in [2.05, 4.69) is 31.8 Å². The summed E-state index contributed by atoms with van der Waals surface area (Å²) in [5.74, 6) is 1.92. The molecule has 1 atom stereocenters. The smallest absolute Gasteiger partial charge is 0.260 e. The van der Waals surface area contributed by atoms with Gasteiger partial charge in [-0.15, -0.1) is 11.3 Å². The van der Waals surface area contributed by atoms with Crippen molar-refractivity contribution in [1.82, 2.24) is 9.97 Å². The highest BCUT2D eigenvalue weighted by molar-refractivity contribution is 7.18. The van der Waals surface area contributed by atoms with E-state index in [1.165, 1.54) is 10.4 Å². The first-order valence-corrected chi connectivity index (χ1v) is 11.3. The van der Waals surface area contributed by atoms with E-state index in [0.29, 0.717) is 17.5 Å². The maximum absolute atomic E-state index is 13.2. The molecule has 0 saturated heterocycles. The topological polar surface area (TPSA) is 55.0 Å². The number of hydrogen-bond donors (Lipinski definition) is 1. The predicted molar refractivity (Wildman–Crippen MR) is 125 cm³/mol. The summed E-state index contributed by atoms with van der Waals surface area (Å²) in [5.41, 5.74) is 2.28. The summed E-state index contributed by atoms with van der Waals surface area (Å²) in [6, 6.07) is 12.1. The van der Waals surface area contributed by atoms with E-state index in [1.54, 1.807) is 18.4 Å². The summed E-state index contributed by atoms with van der Waals surface area (Å²) in [4.78, 5) is 23.4. The molecular weight excluding hydrogens is 392 g/mol. The van der Waals surface area contributed by atoms with Gasteiger partial charge in [-0.25, -0.2) is 4.98 Å². The molecule has 0 spiro atoms. The van der Waals surface area contributed by atoms with Crippen LogP contribution in [0, 0.1) is 11.3 Å². The van der Waals surface area contributed by atoms with Crippen molar-refractivity contribution in [3.63, 3.8) is 0 Å². The molecule has 1 aliphatic carbocycles. The number of aryl methyl sites for hydroxylation is 1. The molecule has 1 aliphatic rings. The van der Waals surface area contributed by atoms with Gasteiger partial charge in [-0.3, -0.25) is 4.79 Å². The van der Waals surface area contributed by atoms with Crippen LogP contribution in [0.25, 0.3) is 32.4 Å². The van der Waals surface area contributed by atoms with Gasteiger partial charge >= 0.3 is 0 Å². The Morgan fingerprint density at radius 2 is 1.97 bits per heavy atom. The number of aromatic amines is 1. The first-order valence-electron chi connectivity index (χ1n) is 10.5. The molecule has 1 N–H and O–H groups in total. The van der Waals surface area contributed by atoms with Gasteiger partial charge in [0, 0.05) is 4.88 Å². The molecule has 2 aromatic heterocycles. The monoisotopic (exact) mass is 418 g/mol. The largest absolute Gasteiger partial charge is 0.496 e. The number of aromatic nitrogens is 2. The Bertz CT molecular complexity index is 1330. The van der Waals surface area contributed by atoms with Crippen molar-refractivity contribution in [3.8, 4) is 17.1 Å². The molecule has 0 aliphatic heterocycles. The van der Waals surface area contributed by atoms with Gasteiger partial charge in [-0.1, -0.05) is 51.1 Å². The lowest BCUT2D eigenvalue weighted by Gasteiger charge is -2.33. The summed E-state index contributed by atoms with van der Waals surface area (Å²) in [5, 5.41) is 2.90. The zero-order chi connectivity index (χ0) is 21.0. The van der Waals surface area contributed by atoms with E-state index in [4.69, 9.17) is 9.72 Å². The number of rotatable bonds is 2. The standard InChI is InChI=1S/C25H26N2O2S/c1-25(2,3)15-10-11-17-19(13-15)30-24-21(17)23(28)26-22(27-24)20-16-8-6-5-7-14(16)9-12-18(20)29-4/h5-9,12,15H,10-11,13H2,1-4H3,(H,26,27,28). The van der Waals surface area contributed by atoms with Gasteiger partial charge in [-0.05, 0) is 53.0 Å². The molecule has 5 rings (SSSR count). The molecule has 2 heterocycles. The lowest BCUT2D eigenvalue weighted by Crippen LogP contribution is -2.26. The number of methoxy groups -OCH3 is 1. The predicted octanol–water partition coefficient (Wildman–Crippen LogP) is 5.96. The summed E-state index contributed by atoms with van der Waals surface area (Å²) < 4.78 is 5.63. The highest BCUT2D eigenvalue weighted by Gasteiger charge is 2.31. The lowest BCUT2D eigenvalue weighted by molar-refractivity contribution is 0.218. The van der Waals surface area contributed by atoms with E-state index >= 15 is 0 Å². The Hall–Kier alpha value is -2.66. The third-order valence-corrected chi connectivity index (χ3v) is 7.64. The molecule has 2 aromatic carbocycles. The van der Waals surface area contributed by atoms with Crippen LogP contribution in [0.2, 0.25) is 0 Å². The number of thiophene rings is 1. The summed E-state index contributed by atoms with van der Waals surface area (Å²) >= 11 is 1.69. The van der Waals surface area contributed by atoms with E-state index < -0.39 is 0 Å². The molecule has 0 bridgehead atoms. The Labute approximate surface area is 179 Å². The highest BCUT2D eigenvalue weighted by Crippen LogP contribution is 2.43. The average Bonchev–Trinajstić information content (AvgIpc) is 3.10. The fourth-order valence-corrected chi connectivity index (χ4v) is 6.01. The number of benzene rings is 2. The van der Waals surface area contributed by atoms with Crippen LogP contribution in [-0.4, -0.2) is 17.1 Å². The molecule has 154 valence electrons. The Morgan fingerprint density at radius 3 is 2.73 bits per heavy atom. The zero-order valence-electron chi connectivity index (χ0n) is 17.8. The van der Waals surface area contributed by atoms with E-state index in [-0.39, 0.29) is 11.0 Å². The molecule has 1 unspecified atom stereocenters. The number of hydrogen-bond acceptors (Lipinski definition) is 4. The molecule has 4 nitrogen and oxygen atoms in total. The molecule has 0 saturated carbocycles. The van der Waals surface area contributed by atoms with Crippen molar-refractivity contribution < 1.29 is 4.74 Å². The molecule has 30 heavy (non-hydrogen) atoms. The van der Waals surface area contributed by atoms with Crippen molar-refractivity contribution in [1.29, 1.82) is 0 Å². The quantitative estimate of drug-likeness (QED) is 0.437. The van der Waals surface area contributed by atoms with Crippen LogP contribution in [0.5, 0.6) is 5.75 Å². The van der Waals surface area contributed by atoms with Crippen LogP contribution < -0.4 is 10.3 Å². The van der Waals surface area contributed by atoms with Crippen LogP contribution in [0.3, 0.4) is 0 Å². The van der Waals surface area contributed by atoms with Gasteiger partial charge in [0.2, 0.25) is 0 Å². The number of ether oxygens (including phenoxy) is 1. The SMILES string of the molecule is COc1ccc2ccccc2c1-c1nc2sc3c(c2c(=O)[nH]1)CCC(C(C)(C)C)C3. The third-order valence-electron chi connectivity index (χ3n) is 6.49. The number of nitrogens with zero attached hydrogens (tertiary/aromatic N) is 1. The molecule has 4 aromatic rings. The average molecular weight is 419 g/mol. The van der Waals surface area contributed by atoms with Crippen LogP contribution in [0.4, 0.5) is 0 Å². The van der Waals surface area contributed by atoms with Gasteiger partial charge in [0.05, 0.1) is 18.1 Å². The minimum Gasteiger partial charge on any atom is -0.496 e. The Balaban J connectivity index is 1.71. The van der Waals surface area contributed by atoms with Crippen LogP contribution in [-0.2, 0) is 12.8 Å². The van der Waals surface area contributed by atoms with E-state index in [1.807, 2.05) is 30.3 Å². The van der Waals surface area contributed by atoms with Gasteiger partial charge in [0.25, 0.3) is 5.56 Å². The second kappa shape index (κ2) is 6.95. The minimum absolute atomic E-state index is 0.0447. The normalized spacial score (nSPS) is 16.7. The first-order chi connectivity index (χ1) is 14.4. The van der Waals surface area contributed by atoms with E-state index in [9.17, 15) is 4.79 Å². The lowest BCUT2D eigenvalue weighted by atomic mass is 9.72. The van der Waals surface area contributed by atoms with Crippen molar-refractivity contribution >= 4 is 32.3 Å². The second-order valence-corrected chi connectivity index (χ2v) is 10.4. The summed E-state index contributed by atoms with van der Waals surface area (Å²) in [6.07, 6.45) is 3.12. The molecule has 0 amide bonds. The highest BCUT2D eigenvalue weighted by atomic mass is 32.1. The van der Waals surface area contributed by atoms with Crippen LogP contribution in [0.1, 0.15) is 37.6 Å². The van der Waals surface area contributed by atoms with Gasteiger partial charge < -0.3 is 9.72 Å². The molecular formula is C25H26N2O2S. The van der Waals surface area contributed by atoms with Gasteiger partial charge in [-0.2, -0.15) is 0 Å². The van der Waals surface area contributed by atoms with Gasteiger partial charge in [0.15, 0.2) is 0 Å². The third kappa shape index (κ3) is 3.03. The van der Waals surface area contributed by atoms with E-state index in [0.717, 1.165) is 45.8 Å². The Kier molecular flexibility index (Phi) is 4.47. The van der Waals surface area contributed by atoms with Crippen molar-refractivity contribution in [2.24, 2.45) is 11.3 Å². The number of H-pyrrole nitrogens is 1. The fraction of sp³-hybridized carbons (Fsp3) is 0.360. The maximum Gasteiger partial charge on any atom is 0.260 e. The second-order valence-electron chi connectivity index (χ2n) is 9.27. The zero-order valence-corrected chi connectivity index (χ0v) is 18.7. The van der Waals surface area contributed by atoms with Crippen molar-refractivity contribution in [2.45, 2.75) is 40.0 Å². The molecule has 0 radical (unpaired) electrons. The fourth-order valence-electron chi connectivity index (χ4n) is 4.71. The Morgan fingerprint density at radius 1 is 1.17 bits per heavy atom. The van der Waals surface area contributed by atoms with Gasteiger partial charge in [0.1, 0.15) is 16.4 Å². The van der Waals surface area contributed by atoms with Crippen LogP contribution in [0.15, 0.2) is 41.2 Å². The van der Waals surface area contributed by atoms with Crippen molar-refractivity contribution in [2.75, 3.05) is 7.11 Å². The molecule has 0 fully saturated rings. The number of nitrogens with one attached hydrogen (secondary N) is 1. The summed E-state index contributed by atoms with van der Waals surface area (Å²) in [7, 11) is 1.65. The van der Waals surface area contributed by atoms with Crippen LogP contribution >= 0.6 is 11.3 Å². The number of fused-ring (bicyclic) bond motifs is 4. The maximum atomic E-state index is 13.2. The summed E-state index contributed by atoms with van der Waals surface area (Å²) in [6.45, 7) is 6.93. The van der Waals surface area contributed by atoms with Crippen molar-refractivity contribution in [3.05, 3.63) is 57.2 Å². The molecule has 5 heteroatoms.